The quantitative estimate of drug-likeness (QED) is 0.840. The number of rotatable bonds is 7. The SMILES string of the molecule is CCC(CC1CC1C(=O)O)c1cccc(S(=O)(=O)CC)c1. The lowest BCUT2D eigenvalue weighted by atomic mass is 9.91. The molecule has 3 unspecified atom stereocenters. The molecular weight excluding hydrogens is 288 g/mol. The zero-order valence-corrected chi connectivity index (χ0v) is 13.3. The van der Waals surface area contributed by atoms with Gasteiger partial charge in [0.25, 0.3) is 0 Å². The number of carboxylic acid groups (broad SMARTS) is 1. The highest BCUT2D eigenvalue weighted by Crippen LogP contribution is 2.46. The van der Waals surface area contributed by atoms with Gasteiger partial charge in [-0.3, -0.25) is 4.79 Å². The Balaban J connectivity index is 2.16. The van der Waals surface area contributed by atoms with E-state index in [1.807, 2.05) is 6.07 Å². The van der Waals surface area contributed by atoms with Gasteiger partial charge >= 0.3 is 5.97 Å². The second-order valence-electron chi connectivity index (χ2n) is 5.76. The number of benzene rings is 1. The minimum Gasteiger partial charge on any atom is -0.481 e. The zero-order chi connectivity index (χ0) is 15.6. The number of hydrogen-bond donors (Lipinski definition) is 1. The van der Waals surface area contributed by atoms with Crippen LogP contribution in [0.15, 0.2) is 29.2 Å². The van der Waals surface area contributed by atoms with Crippen LogP contribution in [0.3, 0.4) is 0 Å². The Labute approximate surface area is 126 Å². The Morgan fingerprint density at radius 2 is 2.10 bits per heavy atom. The van der Waals surface area contributed by atoms with Gasteiger partial charge in [-0.1, -0.05) is 26.0 Å². The number of sulfone groups is 1. The van der Waals surface area contributed by atoms with Gasteiger partial charge in [-0.25, -0.2) is 8.42 Å². The van der Waals surface area contributed by atoms with Crippen LogP contribution in [0.25, 0.3) is 0 Å². The second kappa shape index (κ2) is 6.18. The lowest BCUT2D eigenvalue weighted by Gasteiger charge is -2.16. The first kappa shape index (κ1) is 16.0. The fourth-order valence-corrected chi connectivity index (χ4v) is 3.78. The summed E-state index contributed by atoms with van der Waals surface area (Å²) in [6.45, 7) is 3.70. The summed E-state index contributed by atoms with van der Waals surface area (Å²) in [6.07, 6.45) is 2.46. The molecule has 1 saturated carbocycles. The van der Waals surface area contributed by atoms with Gasteiger partial charge < -0.3 is 5.11 Å². The topological polar surface area (TPSA) is 71.4 Å². The smallest absolute Gasteiger partial charge is 0.306 e. The molecule has 21 heavy (non-hydrogen) atoms. The van der Waals surface area contributed by atoms with E-state index in [1.165, 1.54) is 0 Å². The van der Waals surface area contributed by atoms with Gasteiger partial charge in [0.15, 0.2) is 9.84 Å². The molecule has 4 nitrogen and oxygen atoms in total. The Morgan fingerprint density at radius 3 is 2.62 bits per heavy atom. The third-order valence-corrected chi connectivity index (χ3v) is 6.12. The van der Waals surface area contributed by atoms with Crippen LogP contribution in [0.2, 0.25) is 0 Å². The van der Waals surface area contributed by atoms with Gasteiger partial charge in [-0.2, -0.15) is 0 Å². The minimum absolute atomic E-state index is 0.0942. The molecule has 3 atom stereocenters. The molecule has 0 aromatic heterocycles. The van der Waals surface area contributed by atoms with Crippen molar-refractivity contribution in [3.05, 3.63) is 29.8 Å². The molecule has 1 N–H and O–H groups in total. The van der Waals surface area contributed by atoms with Crippen molar-refractivity contribution >= 4 is 15.8 Å². The van der Waals surface area contributed by atoms with Crippen molar-refractivity contribution in [2.75, 3.05) is 5.75 Å². The lowest BCUT2D eigenvalue weighted by Crippen LogP contribution is -2.07. The average Bonchev–Trinajstić information content (AvgIpc) is 3.24. The Kier molecular flexibility index (Phi) is 4.71. The molecule has 1 aliphatic carbocycles. The van der Waals surface area contributed by atoms with Crippen molar-refractivity contribution in [1.29, 1.82) is 0 Å². The molecule has 1 aromatic carbocycles. The van der Waals surface area contributed by atoms with E-state index >= 15 is 0 Å². The molecule has 2 rings (SSSR count). The monoisotopic (exact) mass is 310 g/mol. The average molecular weight is 310 g/mol. The Bertz CT molecular complexity index is 621. The highest BCUT2D eigenvalue weighted by molar-refractivity contribution is 7.91. The van der Waals surface area contributed by atoms with E-state index in [1.54, 1.807) is 25.1 Å². The molecule has 0 heterocycles. The first-order valence-electron chi connectivity index (χ1n) is 7.44. The minimum atomic E-state index is -3.19. The van der Waals surface area contributed by atoms with Crippen LogP contribution in [-0.4, -0.2) is 25.2 Å². The first-order valence-corrected chi connectivity index (χ1v) is 9.09. The third kappa shape index (κ3) is 3.64. The van der Waals surface area contributed by atoms with Crippen LogP contribution in [0.5, 0.6) is 0 Å². The van der Waals surface area contributed by atoms with Crippen LogP contribution in [0, 0.1) is 11.8 Å². The van der Waals surface area contributed by atoms with Crippen LogP contribution in [0.4, 0.5) is 0 Å². The highest BCUT2D eigenvalue weighted by Gasteiger charge is 2.43. The van der Waals surface area contributed by atoms with Crippen molar-refractivity contribution in [3.8, 4) is 0 Å². The number of carboxylic acids is 1. The molecule has 0 radical (unpaired) electrons. The molecule has 1 fully saturated rings. The summed E-state index contributed by atoms with van der Waals surface area (Å²) >= 11 is 0. The predicted molar refractivity (Wildman–Crippen MR) is 81.1 cm³/mol. The van der Waals surface area contributed by atoms with Crippen molar-refractivity contribution in [1.82, 2.24) is 0 Å². The fraction of sp³-hybridized carbons (Fsp3) is 0.562. The zero-order valence-electron chi connectivity index (χ0n) is 12.5. The van der Waals surface area contributed by atoms with Gasteiger partial charge in [0.1, 0.15) is 0 Å². The van der Waals surface area contributed by atoms with E-state index < -0.39 is 15.8 Å². The van der Waals surface area contributed by atoms with E-state index in [0.717, 1.165) is 24.8 Å². The van der Waals surface area contributed by atoms with Crippen molar-refractivity contribution < 1.29 is 18.3 Å². The summed E-state index contributed by atoms with van der Waals surface area (Å²) in [5.74, 6) is -0.360. The highest BCUT2D eigenvalue weighted by atomic mass is 32.2. The molecule has 116 valence electrons. The largest absolute Gasteiger partial charge is 0.481 e. The van der Waals surface area contributed by atoms with E-state index in [-0.39, 0.29) is 23.5 Å². The molecule has 5 heteroatoms. The summed E-state index contributed by atoms with van der Waals surface area (Å²) in [7, 11) is -3.19. The van der Waals surface area contributed by atoms with Gasteiger partial charge in [-0.15, -0.1) is 0 Å². The van der Waals surface area contributed by atoms with Crippen molar-refractivity contribution in [2.45, 2.75) is 43.9 Å². The predicted octanol–water partition coefficient (Wildman–Crippen LogP) is 3.08. The molecule has 0 saturated heterocycles. The number of aliphatic carboxylic acids is 1. The van der Waals surface area contributed by atoms with Crippen LogP contribution in [0.1, 0.15) is 44.6 Å². The van der Waals surface area contributed by atoms with E-state index in [0.29, 0.717) is 4.90 Å². The summed E-state index contributed by atoms with van der Waals surface area (Å²) in [5, 5.41) is 8.98. The summed E-state index contributed by atoms with van der Waals surface area (Å²) in [5.41, 5.74) is 1.00. The van der Waals surface area contributed by atoms with E-state index in [9.17, 15) is 13.2 Å². The Morgan fingerprint density at radius 1 is 1.38 bits per heavy atom. The summed E-state index contributed by atoms with van der Waals surface area (Å²) < 4.78 is 23.9. The molecule has 0 bridgehead atoms. The van der Waals surface area contributed by atoms with E-state index in [4.69, 9.17) is 5.11 Å². The number of carbonyl (C=O) groups is 1. The maximum Gasteiger partial charge on any atom is 0.306 e. The number of hydrogen-bond acceptors (Lipinski definition) is 3. The Hall–Kier alpha value is -1.36. The molecule has 0 spiro atoms. The molecule has 0 amide bonds. The maximum atomic E-state index is 12.0. The second-order valence-corrected chi connectivity index (χ2v) is 8.04. The third-order valence-electron chi connectivity index (χ3n) is 4.39. The van der Waals surface area contributed by atoms with Crippen molar-refractivity contribution in [2.24, 2.45) is 11.8 Å². The van der Waals surface area contributed by atoms with E-state index in [2.05, 4.69) is 6.92 Å². The van der Waals surface area contributed by atoms with Crippen LogP contribution >= 0.6 is 0 Å². The van der Waals surface area contributed by atoms with Gasteiger partial charge in [0, 0.05) is 0 Å². The summed E-state index contributed by atoms with van der Waals surface area (Å²) in [4.78, 5) is 11.3. The van der Waals surface area contributed by atoms with Gasteiger partial charge in [0.05, 0.1) is 16.6 Å². The first-order chi connectivity index (χ1) is 9.89. The van der Waals surface area contributed by atoms with Gasteiger partial charge in [-0.05, 0) is 48.8 Å². The van der Waals surface area contributed by atoms with Crippen LogP contribution in [-0.2, 0) is 14.6 Å². The molecule has 1 aliphatic rings. The maximum absolute atomic E-state index is 12.0. The normalized spacial score (nSPS) is 22.8. The molecular formula is C16H22O4S. The standard InChI is InChI=1S/C16H22O4S/c1-3-11(8-13-10-15(13)16(17)18)12-6-5-7-14(9-12)21(19,20)4-2/h5-7,9,11,13,15H,3-4,8,10H2,1-2H3,(H,17,18). The summed E-state index contributed by atoms with van der Waals surface area (Å²) in [6, 6.07) is 7.11. The van der Waals surface area contributed by atoms with Gasteiger partial charge in [0.2, 0.25) is 0 Å². The lowest BCUT2D eigenvalue weighted by molar-refractivity contribution is -0.138. The molecule has 1 aromatic rings. The van der Waals surface area contributed by atoms with Crippen molar-refractivity contribution in [3.63, 3.8) is 0 Å². The fourth-order valence-electron chi connectivity index (χ4n) is 2.84. The van der Waals surface area contributed by atoms with Crippen LogP contribution < -0.4 is 0 Å². The molecule has 0 aliphatic heterocycles.